The number of pyridine rings is 1. The summed E-state index contributed by atoms with van der Waals surface area (Å²) in [5.74, 6) is 0.0530. The van der Waals surface area contributed by atoms with Crippen molar-refractivity contribution in [3.8, 4) is 17.2 Å². The molecular formula is C33H37FN4O4. The number of ether oxygens (including phenoxy) is 2. The molecule has 8 nitrogen and oxygen atoms in total. The second kappa shape index (κ2) is 12.8. The van der Waals surface area contributed by atoms with Crippen LogP contribution in [0.25, 0.3) is 11.1 Å². The van der Waals surface area contributed by atoms with E-state index in [2.05, 4.69) is 33.6 Å². The Labute approximate surface area is 245 Å². The van der Waals surface area contributed by atoms with Gasteiger partial charge in [0.15, 0.2) is 11.5 Å². The number of hydrogen-bond acceptors (Lipinski definition) is 7. The van der Waals surface area contributed by atoms with Gasteiger partial charge in [-0.1, -0.05) is 18.2 Å². The summed E-state index contributed by atoms with van der Waals surface area (Å²) in [5.41, 5.74) is 5.97. The molecule has 220 valence electrons. The topological polar surface area (TPSA) is 96.0 Å². The number of likely N-dealkylation sites (tertiary alicyclic amines) is 1. The number of carbonyl (C=O) groups is 1. The fourth-order valence-electron chi connectivity index (χ4n) is 5.83. The fraction of sp³-hybridized carbons (Fsp3) is 0.333. The van der Waals surface area contributed by atoms with Crippen LogP contribution >= 0.6 is 0 Å². The molecule has 1 saturated heterocycles. The third kappa shape index (κ3) is 6.17. The summed E-state index contributed by atoms with van der Waals surface area (Å²) in [6, 6.07) is 11.5. The normalized spacial score (nSPS) is 18.3. The number of rotatable bonds is 10. The summed E-state index contributed by atoms with van der Waals surface area (Å²) < 4.78 is 25.4. The third-order valence-electron chi connectivity index (χ3n) is 7.99. The third-order valence-corrected chi connectivity index (χ3v) is 7.99. The molecule has 0 spiro atoms. The van der Waals surface area contributed by atoms with Gasteiger partial charge in [-0.25, -0.2) is 4.39 Å². The fourth-order valence-corrected chi connectivity index (χ4v) is 5.83. The van der Waals surface area contributed by atoms with Gasteiger partial charge in [-0.15, -0.1) is 0 Å². The molecule has 1 amide bonds. The van der Waals surface area contributed by atoms with Crippen LogP contribution < -0.4 is 20.1 Å². The predicted octanol–water partition coefficient (Wildman–Crippen LogP) is 4.34. The Bertz CT molecular complexity index is 1500. The minimum atomic E-state index is -0.682. The monoisotopic (exact) mass is 572 g/mol. The Morgan fingerprint density at radius 3 is 2.57 bits per heavy atom. The van der Waals surface area contributed by atoms with E-state index in [4.69, 9.17) is 9.47 Å². The van der Waals surface area contributed by atoms with Crippen LogP contribution in [0.3, 0.4) is 0 Å². The first kappa shape index (κ1) is 29.3. The summed E-state index contributed by atoms with van der Waals surface area (Å²) in [6.45, 7) is 4.09. The number of phenolic OH excluding ortho intramolecular Hbond substituents is 1. The largest absolute Gasteiger partial charge is 0.502 e. The van der Waals surface area contributed by atoms with E-state index in [0.717, 1.165) is 52.9 Å². The van der Waals surface area contributed by atoms with E-state index in [-0.39, 0.29) is 23.5 Å². The first-order chi connectivity index (χ1) is 20.3. The van der Waals surface area contributed by atoms with Gasteiger partial charge in [0.25, 0.3) is 0 Å². The van der Waals surface area contributed by atoms with Crippen LogP contribution in [0.1, 0.15) is 35.6 Å². The highest BCUT2D eigenvalue weighted by Crippen LogP contribution is 2.44. The van der Waals surface area contributed by atoms with E-state index in [0.29, 0.717) is 30.0 Å². The number of halogens is 1. The molecule has 2 unspecified atom stereocenters. The lowest BCUT2D eigenvalue weighted by Gasteiger charge is -2.25. The van der Waals surface area contributed by atoms with Gasteiger partial charge in [0.2, 0.25) is 11.7 Å². The van der Waals surface area contributed by atoms with Crippen LogP contribution in [0.4, 0.5) is 4.39 Å². The van der Waals surface area contributed by atoms with Crippen LogP contribution in [-0.4, -0.2) is 67.3 Å². The molecule has 1 aliphatic heterocycles. The number of nitrogens with one attached hydrogen (secondary N) is 2. The molecule has 5 rings (SSSR count). The van der Waals surface area contributed by atoms with Gasteiger partial charge in [0, 0.05) is 31.5 Å². The van der Waals surface area contributed by atoms with Crippen molar-refractivity contribution in [1.29, 1.82) is 0 Å². The van der Waals surface area contributed by atoms with Crippen LogP contribution in [0.2, 0.25) is 0 Å². The van der Waals surface area contributed by atoms with Gasteiger partial charge in [0.05, 0.1) is 14.2 Å². The van der Waals surface area contributed by atoms with Gasteiger partial charge in [0.1, 0.15) is 11.9 Å². The van der Waals surface area contributed by atoms with Crippen molar-refractivity contribution in [2.24, 2.45) is 0 Å². The number of aromatic hydroxyl groups is 1. The summed E-state index contributed by atoms with van der Waals surface area (Å²) in [7, 11) is 5.05. The Kier molecular flexibility index (Phi) is 8.89. The van der Waals surface area contributed by atoms with Crippen molar-refractivity contribution in [3.63, 3.8) is 0 Å². The number of likely N-dealkylation sites (N-methyl/N-ethyl adjacent to an activating group) is 1. The lowest BCUT2D eigenvalue weighted by Crippen LogP contribution is -2.49. The van der Waals surface area contributed by atoms with Crippen LogP contribution in [-0.2, 0) is 17.8 Å². The second-order valence-electron chi connectivity index (χ2n) is 10.8. The van der Waals surface area contributed by atoms with Crippen LogP contribution in [0.5, 0.6) is 17.2 Å². The van der Waals surface area contributed by atoms with Crippen LogP contribution in [0.15, 0.2) is 66.5 Å². The van der Waals surface area contributed by atoms with E-state index >= 15 is 0 Å². The summed E-state index contributed by atoms with van der Waals surface area (Å²) in [5, 5.41) is 17.0. The summed E-state index contributed by atoms with van der Waals surface area (Å²) in [6.07, 6.45) is 6.91. The number of phenols is 1. The molecule has 1 aliphatic carbocycles. The van der Waals surface area contributed by atoms with Crippen LogP contribution in [0, 0.1) is 5.82 Å². The molecule has 2 atom stereocenters. The maximum Gasteiger partial charge on any atom is 0.242 e. The average Bonchev–Trinajstić information content (AvgIpc) is 3.53. The number of aromatic nitrogens is 1. The number of nitrogens with zero attached hydrogens (tertiary/aromatic N) is 2. The number of hydrogen-bond donors (Lipinski definition) is 3. The van der Waals surface area contributed by atoms with E-state index < -0.39 is 6.04 Å². The Morgan fingerprint density at radius 1 is 1.17 bits per heavy atom. The molecule has 3 N–H and O–H groups in total. The molecule has 2 aromatic carbocycles. The second-order valence-corrected chi connectivity index (χ2v) is 10.8. The molecule has 0 bridgehead atoms. The highest BCUT2D eigenvalue weighted by Gasteiger charge is 2.35. The van der Waals surface area contributed by atoms with Crippen molar-refractivity contribution in [3.05, 3.63) is 94.6 Å². The number of amides is 1. The smallest absolute Gasteiger partial charge is 0.242 e. The van der Waals surface area contributed by atoms with E-state index in [9.17, 15) is 14.3 Å². The SMILES string of the molecule is COc1cc(C/C=C2/C(C)=C(C(NC3CCN(C)C3)C(=O)NCc3cccnc3)c3cc(F)ccc32)cc(OC)c1O. The van der Waals surface area contributed by atoms with E-state index in [1.54, 1.807) is 30.6 Å². The van der Waals surface area contributed by atoms with Gasteiger partial charge in [-0.3, -0.25) is 15.1 Å². The van der Waals surface area contributed by atoms with Crippen molar-refractivity contribution in [1.82, 2.24) is 20.5 Å². The van der Waals surface area contributed by atoms with Crippen molar-refractivity contribution in [2.75, 3.05) is 34.4 Å². The molecule has 9 heteroatoms. The van der Waals surface area contributed by atoms with Gasteiger partial charge in [-0.2, -0.15) is 0 Å². The molecule has 0 radical (unpaired) electrons. The zero-order chi connectivity index (χ0) is 29.8. The minimum absolute atomic E-state index is 0.0553. The van der Waals surface area contributed by atoms with Gasteiger partial charge >= 0.3 is 0 Å². The summed E-state index contributed by atoms with van der Waals surface area (Å²) in [4.78, 5) is 20.2. The molecular weight excluding hydrogens is 535 g/mol. The maximum absolute atomic E-state index is 14.7. The lowest BCUT2D eigenvalue weighted by atomic mass is 9.96. The molecule has 3 aromatic rings. The zero-order valence-electron chi connectivity index (χ0n) is 24.4. The molecule has 2 aliphatic rings. The molecule has 1 fully saturated rings. The highest BCUT2D eigenvalue weighted by molar-refractivity contribution is 6.07. The lowest BCUT2D eigenvalue weighted by molar-refractivity contribution is -0.122. The van der Waals surface area contributed by atoms with E-state index in [1.807, 2.05) is 19.1 Å². The number of fused-ring (bicyclic) bond motifs is 1. The summed E-state index contributed by atoms with van der Waals surface area (Å²) >= 11 is 0. The van der Waals surface area contributed by atoms with Gasteiger partial charge in [-0.05, 0) is 103 Å². The average molecular weight is 573 g/mol. The van der Waals surface area contributed by atoms with Gasteiger partial charge < -0.3 is 24.8 Å². The number of carbonyl (C=O) groups excluding carboxylic acids is 1. The number of benzene rings is 2. The zero-order valence-corrected chi connectivity index (χ0v) is 24.4. The van der Waals surface area contributed by atoms with E-state index in [1.165, 1.54) is 26.4 Å². The number of allylic oxidation sites excluding steroid dienone is 3. The highest BCUT2D eigenvalue weighted by atomic mass is 19.1. The Hall–Kier alpha value is -4.21. The standard InChI is InChI=1S/C33H37FN4O4/c1-20-25(9-7-21-14-28(41-3)32(39)29(15-21)42-4)26-10-8-23(34)16-27(26)30(20)31(37-24-11-13-38(2)19-24)33(40)36-18-22-6-5-12-35-17-22/h5-6,8-10,12,14-17,24,31,37,39H,7,11,13,18-19H2,1-4H3,(H,36,40)/b25-9-. The molecule has 0 saturated carbocycles. The number of methoxy groups -OCH3 is 2. The quantitative estimate of drug-likeness (QED) is 0.333. The molecule has 42 heavy (non-hydrogen) atoms. The minimum Gasteiger partial charge on any atom is -0.502 e. The Morgan fingerprint density at radius 2 is 1.93 bits per heavy atom. The Balaban J connectivity index is 1.52. The first-order valence-corrected chi connectivity index (χ1v) is 14.1. The molecule has 1 aromatic heterocycles. The predicted molar refractivity (Wildman–Crippen MR) is 161 cm³/mol. The van der Waals surface area contributed by atoms with Crippen molar-refractivity contribution in [2.45, 2.75) is 38.4 Å². The van der Waals surface area contributed by atoms with Crippen molar-refractivity contribution < 1.29 is 23.8 Å². The maximum atomic E-state index is 14.7. The van der Waals surface area contributed by atoms with Crippen molar-refractivity contribution >= 4 is 17.1 Å². The first-order valence-electron chi connectivity index (χ1n) is 14.1. The molecule has 2 heterocycles.